The van der Waals surface area contributed by atoms with Crippen LogP contribution in [0.25, 0.3) is 0 Å². The molecule has 0 aromatic heterocycles. The summed E-state index contributed by atoms with van der Waals surface area (Å²) < 4.78 is 0. The third-order valence-corrected chi connectivity index (χ3v) is 5.43. The van der Waals surface area contributed by atoms with Gasteiger partial charge in [0.1, 0.15) is 0 Å². The van der Waals surface area contributed by atoms with Crippen LogP contribution in [-0.4, -0.2) is 47.3 Å². The van der Waals surface area contributed by atoms with Crippen LogP contribution in [0.1, 0.15) is 43.5 Å². The molecule has 5 heteroatoms. The van der Waals surface area contributed by atoms with Gasteiger partial charge < -0.3 is 9.80 Å². The van der Waals surface area contributed by atoms with Crippen molar-refractivity contribution in [1.82, 2.24) is 9.80 Å². The second-order valence-electron chi connectivity index (χ2n) is 7.33. The molecule has 2 aliphatic heterocycles. The lowest BCUT2D eigenvalue weighted by Gasteiger charge is -2.47. The molecule has 1 aromatic carbocycles. The van der Waals surface area contributed by atoms with Crippen LogP contribution in [-0.2, 0) is 4.79 Å². The molecule has 1 aromatic rings. The van der Waals surface area contributed by atoms with E-state index in [0.29, 0.717) is 35.4 Å². The van der Waals surface area contributed by atoms with Gasteiger partial charge in [-0.2, -0.15) is 0 Å². The van der Waals surface area contributed by atoms with Crippen molar-refractivity contribution < 1.29 is 9.59 Å². The van der Waals surface area contributed by atoms with Crippen LogP contribution >= 0.6 is 11.6 Å². The minimum atomic E-state index is 0.00589. The second kappa shape index (κ2) is 7.14. The number of carbonyl (C=O) groups is 2. The van der Waals surface area contributed by atoms with E-state index >= 15 is 0 Å². The van der Waals surface area contributed by atoms with E-state index in [4.69, 9.17) is 11.6 Å². The molecule has 0 saturated carbocycles. The van der Waals surface area contributed by atoms with Gasteiger partial charge in [0.05, 0.1) is 10.6 Å². The first-order valence-electron chi connectivity index (χ1n) is 8.80. The van der Waals surface area contributed by atoms with Gasteiger partial charge in [-0.1, -0.05) is 37.6 Å². The van der Waals surface area contributed by atoms with Crippen LogP contribution in [0.2, 0.25) is 5.02 Å². The van der Waals surface area contributed by atoms with Crippen molar-refractivity contribution in [2.75, 3.05) is 19.6 Å². The number of amides is 2. The molecule has 130 valence electrons. The van der Waals surface area contributed by atoms with Crippen molar-refractivity contribution in [2.24, 2.45) is 11.8 Å². The molecule has 0 aliphatic carbocycles. The highest BCUT2D eigenvalue weighted by Crippen LogP contribution is 2.32. The van der Waals surface area contributed by atoms with E-state index in [1.807, 2.05) is 17.0 Å². The quantitative estimate of drug-likeness (QED) is 0.839. The zero-order chi connectivity index (χ0) is 17.3. The number of halogens is 1. The van der Waals surface area contributed by atoms with Crippen molar-refractivity contribution in [2.45, 2.75) is 39.2 Å². The Bertz CT molecular complexity index is 632. The molecule has 2 saturated heterocycles. The molecule has 0 unspecified atom stereocenters. The predicted molar refractivity (Wildman–Crippen MR) is 95.0 cm³/mol. The van der Waals surface area contributed by atoms with Gasteiger partial charge in [-0.3, -0.25) is 9.59 Å². The molecular weight excluding hydrogens is 324 g/mol. The molecule has 2 aliphatic rings. The van der Waals surface area contributed by atoms with Gasteiger partial charge in [-0.15, -0.1) is 0 Å². The third kappa shape index (κ3) is 3.44. The zero-order valence-electron chi connectivity index (χ0n) is 14.4. The summed E-state index contributed by atoms with van der Waals surface area (Å²) in [5.41, 5.74) is 0.573. The van der Waals surface area contributed by atoms with E-state index in [-0.39, 0.29) is 17.9 Å². The van der Waals surface area contributed by atoms with Crippen LogP contribution in [0.4, 0.5) is 0 Å². The van der Waals surface area contributed by atoms with Crippen molar-refractivity contribution >= 4 is 23.4 Å². The maximum atomic E-state index is 12.8. The Kier molecular flexibility index (Phi) is 5.14. The number of nitrogens with zero attached hydrogens (tertiary/aromatic N) is 2. The van der Waals surface area contributed by atoms with Gasteiger partial charge in [0.25, 0.3) is 5.91 Å². The SMILES string of the molecule is CC(C)CN1C(=O)CC[C@H]2CN(C(=O)c3ccccc3Cl)CC[C@H]21. The summed E-state index contributed by atoms with van der Waals surface area (Å²) in [4.78, 5) is 29.0. The Morgan fingerprint density at radius 3 is 2.75 bits per heavy atom. The zero-order valence-corrected chi connectivity index (χ0v) is 15.1. The first-order chi connectivity index (χ1) is 11.5. The average Bonchev–Trinajstić information content (AvgIpc) is 2.56. The highest BCUT2D eigenvalue weighted by atomic mass is 35.5. The summed E-state index contributed by atoms with van der Waals surface area (Å²) in [5.74, 6) is 1.12. The Hall–Kier alpha value is -1.55. The number of carbonyl (C=O) groups excluding carboxylic acids is 2. The minimum Gasteiger partial charge on any atom is -0.339 e. The predicted octanol–water partition coefficient (Wildman–Crippen LogP) is 3.45. The molecule has 0 spiro atoms. The van der Waals surface area contributed by atoms with E-state index in [2.05, 4.69) is 18.7 Å². The summed E-state index contributed by atoms with van der Waals surface area (Å²) in [6.07, 6.45) is 2.34. The van der Waals surface area contributed by atoms with Gasteiger partial charge in [0.15, 0.2) is 0 Å². The van der Waals surface area contributed by atoms with Crippen LogP contribution in [0.3, 0.4) is 0 Å². The monoisotopic (exact) mass is 348 g/mol. The number of fused-ring (bicyclic) bond motifs is 1. The van der Waals surface area contributed by atoms with Gasteiger partial charge in [0.2, 0.25) is 5.91 Å². The third-order valence-electron chi connectivity index (χ3n) is 5.10. The standard InChI is InChI=1S/C19H25ClN2O2/c1-13(2)11-22-17-9-10-21(12-14(17)7-8-18(22)23)19(24)15-5-3-4-6-16(15)20/h3-6,13-14,17H,7-12H2,1-2H3/t14-,17+/m0/s1. The summed E-state index contributed by atoms with van der Waals surface area (Å²) in [5, 5.41) is 0.505. The molecule has 0 radical (unpaired) electrons. The number of piperidine rings is 2. The van der Waals surface area contributed by atoms with Crippen LogP contribution < -0.4 is 0 Å². The smallest absolute Gasteiger partial charge is 0.255 e. The summed E-state index contributed by atoms with van der Waals surface area (Å²) in [6.45, 7) is 6.52. The Labute approximate surface area is 148 Å². The van der Waals surface area contributed by atoms with Gasteiger partial charge in [0, 0.05) is 32.1 Å². The Morgan fingerprint density at radius 1 is 1.29 bits per heavy atom. The van der Waals surface area contributed by atoms with E-state index in [1.165, 1.54) is 0 Å². The maximum Gasteiger partial charge on any atom is 0.255 e. The number of hydrogen-bond acceptors (Lipinski definition) is 2. The number of rotatable bonds is 3. The van der Waals surface area contributed by atoms with Crippen LogP contribution in [0.15, 0.2) is 24.3 Å². The first kappa shape index (κ1) is 17.3. The van der Waals surface area contributed by atoms with Crippen molar-refractivity contribution in [3.05, 3.63) is 34.9 Å². The average molecular weight is 349 g/mol. The topological polar surface area (TPSA) is 40.6 Å². The normalized spacial score (nSPS) is 24.2. The van der Waals surface area contributed by atoms with E-state index < -0.39 is 0 Å². The summed E-state index contributed by atoms with van der Waals surface area (Å²) >= 11 is 6.17. The number of likely N-dealkylation sites (tertiary alicyclic amines) is 2. The molecule has 3 rings (SSSR count). The number of hydrogen-bond donors (Lipinski definition) is 0. The molecule has 24 heavy (non-hydrogen) atoms. The molecule has 2 amide bonds. The fourth-order valence-corrected chi connectivity index (χ4v) is 4.19. The van der Waals surface area contributed by atoms with Gasteiger partial charge >= 0.3 is 0 Å². The largest absolute Gasteiger partial charge is 0.339 e. The van der Waals surface area contributed by atoms with E-state index in [9.17, 15) is 9.59 Å². The van der Waals surface area contributed by atoms with Crippen molar-refractivity contribution in [3.63, 3.8) is 0 Å². The Balaban J connectivity index is 1.72. The van der Waals surface area contributed by atoms with Crippen LogP contribution in [0.5, 0.6) is 0 Å². The lowest BCUT2D eigenvalue weighted by atomic mass is 9.83. The highest BCUT2D eigenvalue weighted by Gasteiger charge is 2.40. The summed E-state index contributed by atoms with van der Waals surface area (Å²) in [6, 6.07) is 7.50. The maximum absolute atomic E-state index is 12.8. The molecular formula is C19H25ClN2O2. The molecule has 0 N–H and O–H groups in total. The molecule has 2 heterocycles. The number of benzene rings is 1. The van der Waals surface area contributed by atoms with E-state index in [1.54, 1.807) is 12.1 Å². The molecule has 4 nitrogen and oxygen atoms in total. The molecule has 0 bridgehead atoms. The Morgan fingerprint density at radius 2 is 2.04 bits per heavy atom. The summed E-state index contributed by atoms with van der Waals surface area (Å²) in [7, 11) is 0. The lowest BCUT2D eigenvalue weighted by molar-refractivity contribution is -0.141. The van der Waals surface area contributed by atoms with Gasteiger partial charge in [-0.25, -0.2) is 0 Å². The van der Waals surface area contributed by atoms with Gasteiger partial charge in [-0.05, 0) is 36.8 Å². The van der Waals surface area contributed by atoms with Crippen molar-refractivity contribution in [1.29, 1.82) is 0 Å². The molecule has 2 atom stereocenters. The van der Waals surface area contributed by atoms with Crippen LogP contribution in [0, 0.1) is 11.8 Å². The fraction of sp³-hybridized carbons (Fsp3) is 0.579. The fourth-order valence-electron chi connectivity index (χ4n) is 3.97. The van der Waals surface area contributed by atoms with E-state index in [0.717, 1.165) is 25.9 Å². The lowest BCUT2D eigenvalue weighted by Crippen LogP contribution is -2.57. The highest BCUT2D eigenvalue weighted by molar-refractivity contribution is 6.33. The van der Waals surface area contributed by atoms with Crippen molar-refractivity contribution in [3.8, 4) is 0 Å². The first-order valence-corrected chi connectivity index (χ1v) is 9.18. The molecule has 2 fully saturated rings. The second-order valence-corrected chi connectivity index (χ2v) is 7.73. The minimum absolute atomic E-state index is 0.00589.